The Morgan fingerprint density at radius 2 is 1.50 bits per heavy atom. The largest absolute Gasteiger partial charge is 0.336 e. The molecule has 1 heterocycles. The Kier molecular flexibility index (Phi) is 5.31. The summed E-state index contributed by atoms with van der Waals surface area (Å²) >= 11 is 0. The molecule has 1 fully saturated rings. The van der Waals surface area contributed by atoms with Gasteiger partial charge >= 0.3 is 0 Å². The summed E-state index contributed by atoms with van der Waals surface area (Å²) in [7, 11) is 0. The van der Waals surface area contributed by atoms with Gasteiger partial charge in [0.1, 0.15) is 0 Å². The van der Waals surface area contributed by atoms with E-state index < -0.39 is 0 Å². The summed E-state index contributed by atoms with van der Waals surface area (Å²) in [5, 5.41) is 0. The Morgan fingerprint density at radius 3 is 2.08 bits per heavy atom. The zero-order valence-electron chi connectivity index (χ0n) is 14.6. The van der Waals surface area contributed by atoms with Crippen LogP contribution in [0.2, 0.25) is 0 Å². The molecule has 126 valence electrons. The summed E-state index contributed by atoms with van der Waals surface area (Å²) in [4.78, 5) is 17.2. The number of hydrogen-bond acceptors (Lipinski definition) is 2. The highest BCUT2D eigenvalue weighted by atomic mass is 16.2. The molecule has 3 nitrogen and oxygen atoms in total. The molecular formula is C21H26N2O. The fraction of sp³-hybridized carbons (Fsp3) is 0.381. The third kappa shape index (κ3) is 3.68. The van der Waals surface area contributed by atoms with Crippen molar-refractivity contribution < 1.29 is 4.79 Å². The van der Waals surface area contributed by atoms with Gasteiger partial charge in [-0.05, 0) is 36.6 Å². The molecule has 0 aromatic heterocycles. The molecule has 1 amide bonds. The lowest BCUT2D eigenvalue weighted by Crippen LogP contribution is -2.51. The average molecular weight is 322 g/mol. The highest BCUT2D eigenvalue weighted by Crippen LogP contribution is 2.20. The Hall–Kier alpha value is -2.13. The monoisotopic (exact) mass is 322 g/mol. The van der Waals surface area contributed by atoms with E-state index in [0.717, 1.165) is 43.7 Å². The molecule has 0 aliphatic carbocycles. The van der Waals surface area contributed by atoms with Crippen molar-refractivity contribution in [3.8, 4) is 11.1 Å². The van der Waals surface area contributed by atoms with Crippen LogP contribution in [0.3, 0.4) is 0 Å². The molecule has 2 aromatic carbocycles. The van der Waals surface area contributed by atoms with E-state index in [1.165, 1.54) is 5.56 Å². The van der Waals surface area contributed by atoms with Crippen LogP contribution in [0, 0.1) is 0 Å². The summed E-state index contributed by atoms with van der Waals surface area (Å²) in [6.07, 6.45) is 1.16. The molecule has 0 spiro atoms. The zero-order valence-corrected chi connectivity index (χ0v) is 14.6. The van der Waals surface area contributed by atoms with Crippen molar-refractivity contribution in [3.63, 3.8) is 0 Å². The van der Waals surface area contributed by atoms with Gasteiger partial charge < -0.3 is 4.90 Å². The molecule has 0 bridgehead atoms. The average Bonchev–Trinajstić information content (AvgIpc) is 2.68. The van der Waals surface area contributed by atoms with Crippen LogP contribution in [0.25, 0.3) is 11.1 Å². The SMILES string of the molecule is CC[C@H](C)N1CCN(C(=O)c2ccc(-c3ccccc3)cc2)CC1. The van der Waals surface area contributed by atoms with Gasteiger partial charge in [-0.1, -0.05) is 49.4 Å². The first kappa shape index (κ1) is 16.7. The van der Waals surface area contributed by atoms with E-state index in [0.29, 0.717) is 6.04 Å². The molecular weight excluding hydrogens is 296 g/mol. The highest BCUT2D eigenvalue weighted by molar-refractivity contribution is 5.94. The fourth-order valence-electron chi connectivity index (χ4n) is 3.24. The molecule has 1 aliphatic heterocycles. The van der Waals surface area contributed by atoms with E-state index >= 15 is 0 Å². The van der Waals surface area contributed by atoms with Crippen LogP contribution in [0.5, 0.6) is 0 Å². The van der Waals surface area contributed by atoms with Gasteiger partial charge in [0.05, 0.1) is 0 Å². The molecule has 1 aliphatic rings. The van der Waals surface area contributed by atoms with Gasteiger partial charge in [-0.2, -0.15) is 0 Å². The van der Waals surface area contributed by atoms with Gasteiger partial charge in [-0.15, -0.1) is 0 Å². The number of benzene rings is 2. The quantitative estimate of drug-likeness (QED) is 0.852. The summed E-state index contributed by atoms with van der Waals surface area (Å²) < 4.78 is 0. The minimum absolute atomic E-state index is 0.151. The molecule has 0 radical (unpaired) electrons. The second-order valence-electron chi connectivity index (χ2n) is 6.53. The van der Waals surface area contributed by atoms with Gasteiger partial charge in [0.15, 0.2) is 0 Å². The van der Waals surface area contributed by atoms with Crippen LogP contribution >= 0.6 is 0 Å². The number of rotatable bonds is 4. The van der Waals surface area contributed by atoms with E-state index in [4.69, 9.17) is 0 Å². The van der Waals surface area contributed by atoms with Crippen LogP contribution < -0.4 is 0 Å². The minimum atomic E-state index is 0.151. The van der Waals surface area contributed by atoms with Gasteiger partial charge in [-0.25, -0.2) is 0 Å². The first-order chi connectivity index (χ1) is 11.7. The molecule has 1 atom stereocenters. The number of piperazine rings is 1. The minimum Gasteiger partial charge on any atom is -0.336 e. The number of carbonyl (C=O) groups is 1. The maximum atomic E-state index is 12.7. The lowest BCUT2D eigenvalue weighted by atomic mass is 10.0. The number of nitrogens with zero attached hydrogens (tertiary/aromatic N) is 2. The van der Waals surface area contributed by atoms with Gasteiger partial charge in [0.2, 0.25) is 0 Å². The lowest BCUT2D eigenvalue weighted by Gasteiger charge is -2.37. The molecule has 1 saturated heterocycles. The Bertz CT molecular complexity index is 658. The predicted octanol–water partition coefficient (Wildman–Crippen LogP) is 3.91. The van der Waals surface area contributed by atoms with E-state index in [2.05, 4.69) is 30.9 Å². The second-order valence-corrected chi connectivity index (χ2v) is 6.53. The fourth-order valence-corrected chi connectivity index (χ4v) is 3.24. The maximum Gasteiger partial charge on any atom is 0.253 e. The van der Waals surface area contributed by atoms with Gasteiger partial charge in [-0.3, -0.25) is 9.69 Å². The van der Waals surface area contributed by atoms with Crippen LogP contribution in [0.4, 0.5) is 0 Å². The molecule has 3 heteroatoms. The normalized spacial score (nSPS) is 16.8. The maximum absolute atomic E-state index is 12.7. The molecule has 0 N–H and O–H groups in total. The van der Waals surface area contributed by atoms with Crippen molar-refractivity contribution in [3.05, 3.63) is 60.2 Å². The van der Waals surface area contributed by atoms with Crippen LogP contribution in [0.1, 0.15) is 30.6 Å². The topological polar surface area (TPSA) is 23.6 Å². The van der Waals surface area contributed by atoms with Crippen molar-refractivity contribution in [1.82, 2.24) is 9.80 Å². The number of hydrogen-bond donors (Lipinski definition) is 0. The van der Waals surface area contributed by atoms with Crippen LogP contribution in [0.15, 0.2) is 54.6 Å². The first-order valence-electron chi connectivity index (χ1n) is 8.88. The number of amides is 1. The second kappa shape index (κ2) is 7.63. The lowest BCUT2D eigenvalue weighted by molar-refractivity contribution is 0.0579. The zero-order chi connectivity index (χ0) is 16.9. The third-order valence-electron chi connectivity index (χ3n) is 5.05. The number of carbonyl (C=O) groups excluding carboxylic acids is 1. The smallest absolute Gasteiger partial charge is 0.253 e. The van der Waals surface area contributed by atoms with E-state index in [1.54, 1.807) is 0 Å². The van der Waals surface area contributed by atoms with Crippen molar-refractivity contribution in [1.29, 1.82) is 0 Å². The van der Waals surface area contributed by atoms with Crippen molar-refractivity contribution in [2.24, 2.45) is 0 Å². The van der Waals surface area contributed by atoms with Gasteiger partial charge in [0, 0.05) is 37.8 Å². The van der Waals surface area contributed by atoms with Gasteiger partial charge in [0.25, 0.3) is 5.91 Å². The molecule has 3 rings (SSSR count). The molecule has 0 saturated carbocycles. The van der Waals surface area contributed by atoms with E-state index in [-0.39, 0.29) is 5.91 Å². The first-order valence-corrected chi connectivity index (χ1v) is 8.88. The third-order valence-corrected chi connectivity index (χ3v) is 5.05. The van der Waals surface area contributed by atoms with Crippen molar-refractivity contribution >= 4 is 5.91 Å². The summed E-state index contributed by atoms with van der Waals surface area (Å²) in [5.41, 5.74) is 3.11. The van der Waals surface area contributed by atoms with E-state index in [9.17, 15) is 4.79 Å². The van der Waals surface area contributed by atoms with Crippen LogP contribution in [-0.4, -0.2) is 47.9 Å². The van der Waals surface area contributed by atoms with Crippen molar-refractivity contribution in [2.75, 3.05) is 26.2 Å². The Balaban J connectivity index is 1.64. The predicted molar refractivity (Wildman–Crippen MR) is 99.1 cm³/mol. The van der Waals surface area contributed by atoms with Crippen molar-refractivity contribution in [2.45, 2.75) is 26.3 Å². The van der Waals surface area contributed by atoms with Crippen LogP contribution in [-0.2, 0) is 0 Å². The van der Waals surface area contributed by atoms with E-state index in [1.807, 2.05) is 47.4 Å². The Morgan fingerprint density at radius 1 is 0.917 bits per heavy atom. The molecule has 2 aromatic rings. The molecule has 24 heavy (non-hydrogen) atoms. The standard InChI is InChI=1S/C21H26N2O/c1-3-17(2)22-13-15-23(16-14-22)21(24)20-11-9-19(10-12-20)18-7-5-4-6-8-18/h4-12,17H,3,13-16H2,1-2H3/t17-/m0/s1. The Labute approximate surface area is 144 Å². The summed E-state index contributed by atoms with van der Waals surface area (Å²) in [5.74, 6) is 0.151. The highest BCUT2D eigenvalue weighted by Gasteiger charge is 2.24. The summed E-state index contributed by atoms with van der Waals surface area (Å²) in [6, 6.07) is 18.8. The molecule has 0 unspecified atom stereocenters. The summed E-state index contributed by atoms with van der Waals surface area (Å²) in [6.45, 7) is 8.08.